The van der Waals surface area contributed by atoms with Crippen molar-refractivity contribution in [3.63, 3.8) is 0 Å². The van der Waals surface area contributed by atoms with E-state index in [0.717, 1.165) is 64.4 Å². The minimum Gasteiger partial charge on any atom is -0.309 e. The number of aromatic nitrogens is 4. The number of rotatable bonds is 5. The van der Waals surface area contributed by atoms with Gasteiger partial charge in [0.05, 0.1) is 23.6 Å². The third-order valence-electron chi connectivity index (χ3n) is 9.17. The molecule has 0 saturated heterocycles. The fourth-order valence-electron chi connectivity index (χ4n) is 6.99. The van der Waals surface area contributed by atoms with Crippen molar-refractivity contribution in [1.82, 2.24) is 19.5 Å². The van der Waals surface area contributed by atoms with Gasteiger partial charge in [-0.25, -0.2) is 15.0 Å². The van der Waals surface area contributed by atoms with Gasteiger partial charge in [0.25, 0.3) is 0 Å². The van der Waals surface area contributed by atoms with E-state index in [0.29, 0.717) is 23.0 Å². The van der Waals surface area contributed by atoms with Gasteiger partial charge in [0.2, 0.25) is 0 Å². The molecule has 5 heteroatoms. The standard InChI is InChI=1S/C45H28N4S/c1-3-15-29(16-4-1)31-22-13-23-35-41-36(24-14-28-40(41)50-42(31)35)45-47-43(30-17-5-2-6-18-30)46-44(48-45)34-21-9-12-27-39(34)49-37-25-10-7-19-32(37)33-20-8-11-26-38(33)49/h1-28H/i1D,3D,4D,15D,16D. The lowest BCUT2D eigenvalue weighted by Gasteiger charge is -2.14. The summed E-state index contributed by atoms with van der Waals surface area (Å²) in [6.07, 6.45) is 0. The summed E-state index contributed by atoms with van der Waals surface area (Å²) in [5.74, 6) is 1.56. The quantitative estimate of drug-likeness (QED) is 0.184. The highest BCUT2D eigenvalue weighted by Gasteiger charge is 2.21. The molecular weight excluding hydrogens is 629 g/mol. The molecule has 0 aliphatic carbocycles. The summed E-state index contributed by atoms with van der Waals surface area (Å²) in [5.41, 5.74) is 6.38. The molecule has 0 radical (unpaired) electrons. The third kappa shape index (κ3) is 4.55. The van der Waals surface area contributed by atoms with Gasteiger partial charge >= 0.3 is 0 Å². The van der Waals surface area contributed by atoms with Crippen molar-refractivity contribution in [3.8, 4) is 51.0 Å². The van der Waals surface area contributed by atoms with E-state index < -0.39 is 6.04 Å². The molecule has 0 saturated carbocycles. The number of hydrogen-bond acceptors (Lipinski definition) is 4. The van der Waals surface area contributed by atoms with E-state index in [1.165, 1.54) is 11.3 Å². The number of benzene rings is 7. The molecule has 10 rings (SSSR count). The van der Waals surface area contributed by atoms with Crippen LogP contribution in [-0.2, 0) is 0 Å². The maximum absolute atomic E-state index is 8.73. The molecule has 3 heterocycles. The zero-order valence-electron chi connectivity index (χ0n) is 31.5. The Kier molecular flexibility index (Phi) is 5.54. The monoisotopic (exact) mass is 661 g/mol. The van der Waals surface area contributed by atoms with E-state index in [9.17, 15) is 0 Å². The normalized spacial score (nSPS) is 13.0. The van der Waals surface area contributed by atoms with Gasteiger partial charge in [-0.15, -0.1) is 11.3 Å². The van der Waals surface area contributed by atoms with Crippen molar-refractivity contribution in [1.29, 1.82) is 0 Å². The van der Waals surface area contributed by atoms with Gasteiger partial charge in [-0.2, -0.15) is 0 Å². The van der Waals surface area contributed by atoms with Crippen LogP contribution in [0.15, 0.2) is 170 Å². The molecule has 0 bridgehead atoms. The summed E-state index contributed by atoms with van der Waals surface area (Å²) >= 11 is 1.52. The van der Waals surface area contributed by atoms with Crippen LogP contribution in [-0.4, -0.2) is 19.5 Å². The lowest BCUT2D eigenvalue weighted by atomic mass is 10.0. The van der Waals surface area contributed by atoms with E-state index in [-0.39, 0.29) is 29.7 Å². The van der Waals surface area contributed by atoms with Gasteiger partial charge in [0.15, 0.2) is 17.5 Å². The molecule has 234 valence electrons. The maximum atomic E-state index is 8.73. The third-order valence-corrected chi connectivity index (χ3v) is 10.4. The van der Waals surface area contributed by atoms with E-state index >= 15 is 0 Å². The topological polar surface area (TPSA) is 43.6 Å². The summed E-state index contributed by atoms with van der Waals surface area (Å²) in [7, 11) is 0. The van der Waals surface area contributed by atoms with Gasteiger partial charge in [0, 0.05) is 47.6 Å². The van der Waals surface area contributed by atoms with E-state index in [1.807, 2.05) is 78.9 Å². The van der Waals surface area contributed by atoms with E-state index in [2.05, 4.69) is 65.2 Å². The molecule has 0 spiro atoms. The fraction of sp³-hybridized carbons (Fsp3) is 0. The van der Waals surface area contributed by atoms with Crippen LogP contribution in [0.1, 0.15) is 6.85 Å². The van der Waals surface area contributed by atoms with Crippen LogP contribution in [0, 0.1) is 0 Å². The fourth-order valence-corrected chi connectivity index (χ4v) is 8.24. The molecule has 3 aromatic heterocycles. The number of hydrogen-bond donors (Lipinski definition) is 0. The van der Waals surface area contributed by atoms with Crippen LogP contribution in [0.2, 0.25) is 0 Å². The number of fused-ring (bicyclic) bond motifs is 6. The smallest absolute Gasteiger partial charge is 0.166 e. The molecule has 0 atom stereocenters. The Morgan fingerprint density at radius 1 is 0.460 bits per heavy atom. The first-order chi connectivity index (χ1) is 26.9. The Morgan fingerprint density at radius 2 is 1.04 bits per heavy atom. The van der Waals surface area contributed by atoms with Crippen LogP contribution < -0.4 is 0 Å². The summed E-state index contributed by atoms with van der Waals surface area (Å²) in [6.45, 7) is 0. The van der Waals surface area contributed by atoms with Gasteiger partial charge < -0.3 is 4.57 Å². The first-order valence-corrected chi connectivity index (χ1v) is 17.1. The first-order valence-electron chi connectivity index (χ1n) is 18.8. The molecule has 0 N–H and O–H groups in total. The second-order valence-corrected chi connectivity index (χ2v) is 13.1. The molecule has 0 fully saturated rings. The van der Waals surface area contributed by atoms with Crippen LogP contribution in [0.4, 0.5) is 0 Å². The summed E-state index contributed by atoms with van der Waals surface area (Å²) in [6, 6.07) is 45.1. The number of thiophene rings is 1. The van der Waals surface area contributed by atoms with Crippen molar-refractivity contribution >= 4 is 53.3 Å². The molecule has 50 heavy (non-hydrogen) atoms. The Morgan fingerprint density at radius 3 is 1.82 bits per heavy atom. The van der Waals surface area contributed by atoms with Crippen molar-refractivity contribution < 1.29 is 6.85 Å². The average molecular weight is 662 g/mol. The zero-order chi connectivity index (χ0) is 37.4. The van der Waals surface area contributed by atoms with Crippen LogP contribution in [0.3, 0.4) is 0 Å². The second-order valence-electron chi connectivity index (χ2n) is 12.0. The minimum atomic E-state index is -0.413. The van der Waals surface area contributed by atoms with Crippen molar-refractivity contribution in [2.75, 3.05) is 0 Å². The summed E-state index contributed by atoms with van der Waals surface area (Å²) < 4.78 is 46.3. The Bertz CT molecular complexity index is 3090. The van der Waals surface area contributed by atoms with E-state index in [4.69, 9.17) is 21.8 Å². The summed E-state index contributed by atoms with van der Waals surface area (Å²) in [5, 5.41) is 4.12. The van der Waals surface area contributed by atoms with Crippen molar-refractivity contribution in [2.45, 2.75) is 0 Å². The predicted molar refractivity (Wildman–Crippen MR) is 209 cm³/mol. The lowest BCUT2D eigenvalue weighted by Crippen LogP contribution is -2.03. The molecule has 0 amide bonds. The highest BCUT2D eigenvalue weighted by molar-refractivity contribution is 7.26. The van der Waals surface area contributed by atoms with Crippen molar-refractivity contribution in [3.05, 3.63) is 170 Å². The van der Waals surface area contributed by atoms with E-state index in [1.54, 1.807) is 0 Å². The Balaban J connectivity index is 1.24. The minimum absolute atomic E-state index is 0.181. The number of nitrogens with zero attached hydrogens (tertiary/aromatic N) is 4. The molecule has 0 unspecified atom stereocenters. The molecular formula is C45H28N4S. The average Bonchev–Trinajstić information content (AvgIpc) is 3.79. The van der Waals surface area contributed by atoms with Gasteiger partial charge in [0.1, 0.15) is 0 Å². The zero-order valence-corrected chi connectivity index (χ0v) is 27.3. The maximum Gasteiger partial charge on any atom is 0.166 e. The molecule has 4 nitrogen and oxygen atoms in total. The lowest BCUT2D eigenvalue weighted by molar-refractivity contribution is 1.07. The SMILES string of the molecule is [2H]c1c([2H])c([2H])c(-c2cccc3c2sc2cccc(-c4nc(-c5ccccc5)nc(-c5ccccc5-n5c6ccccc6c6ccccc65)n4)c23)c([2H])c1[2H]. The first kappa shape index (κ1) is 23.8. The molecule has 0 aliphatic heterocycles. The Hall–Kier alpha value is -6.43. The van der Waals surface area contributed by atoms with Gasteiger partial charge in [-0.3, -0.25) is 0 Å². The van der Waals surface area contributed by atoms with Crippen molar-refractivity contribution in [2.24, 2.45) is 0 Å². The van der Waals surface area contributed by atoms with Gasteiger partial charge in [-0.1, -0.05) is 139 Å². The molecule has 0 aliphatic rings. The highest BCUT2D eigenvalue weighted by atomic mass is 32.1. The largest absolute Gasteiger partial charge is 0.309 e. The summed E-state index contributed by atoms with van der Waals surface area (Å²) in [4.78, 5) is 15.5. The number of para-hydroxylation sites is 3. The molecule has 7 aromatic carbocycles. The van der Waals surface area contributed by atoms with Crippen LogP contribution in [0.5, 0.6) is 0 Å². The highest BCUT2D eigenvalue weighted by Crippen LogP contribution is 2.44. The Labute approximate surface area is 299 Å². The van der Waals surface area contributed by atoms with Crippen LogP contribution >= 0.6 is 11.3 Å². The predicted octanol–water partition coefficient (Wildman–Crippen LogP) is 12.0. The van der Waals surface area contributed by atoms with Gasteiger partial charge in [-0.05, 0) is 41.5 Å². The second kappa shape index (κ2) is 11.6. The molecule has 10 aromatic rings. The van der Waals surface area contributed by atoms with Crippen LogP contribution in [0.25, 0.3) is 93.0 Å².